The van der Waals surface area contributed by atoms with Crippen molar-refractivity contribution in [3.8, 4) is 5.75 Å². The van der Waals surface area contributed by atoms with Crippen molar-refractivity contribution in [2.75, 3.05) is 7.11 Å². The van der Waals surface area contributed by atoms with Gasteiger partial charge in [-0.3, -0.25) is 0 Å². The molecule has 0 radical (unpaired) electrons. The first kappa shape index (κ1) is 13.5. The average Bonchev–Trinajstić information content (AvgIpc) is 2.41. The van der Waals surface area contributed by atoms with Crippen molar-refractivity contribution in [1.82, 2.24) is 0 Å². The third kappa shape index (κ3) is 3.09. The topological polar surface area (TPSA) is 35.2 Å². The number of ether oxygens (including phenoxy) is 1. The predicted octanol–water partition coefficient (Wildman–Crippen LogP) is 3.22. The van der Waals surface area contributed by atoms with Gasteiger partial charge in [0.25, 0.3) is 0 Å². The maximum absolute atomic E-state index is 13.6. The van der Waals surface area contributed by atoms with E-state index in [4.69, 9.17) is 10.5 Å². The number of benzene rings is 2. The van der Waals surface area contributed by atoms with E-state index in [0.717, 1.165) is 0 Å². The van der Waals surface area contributed by atoms with Gasteiger partial charge in [0.2, 0.25) is 0 Å². The summed E-state index contributed by atoms with van der Waals surface area (Å²) in [7, 11) is 1.49. The Bertz CT molecular complexity index is 572. The zero-order valence-electron chi connectivity index (χ0n) is 10.6. The molecular weight excluding hydrogens is 248 g/mol. The lowest BCUT2D eigenvalue weighted by Gasteiger charge is -2.16. The Hall–Kier alpha value is -1.94. The molecule has 1 atom stereocenters. The van der Waals surface area contributed by atoms with Crippen LogP contribution >= 0.6 is 0 Å². The molecule has 0 saturated heterocycles. The molecule has 0 heterocycles. The normalized spacial score (nSPS) is 12.2. The van der Waals surface area contributed by atoms with Gasteiger partial charge in [0.15, 0.2) is 0 Å². The molecular formula is C15H15F2NO. The van der Waals surface area contributed by atoms with Gasteiger partial charge >= 0.3 is 0 Å². The summed E-state index contributed by atoms with van der Waals surface area (Å²) in [6, 6.07) is 10.0. The van der Waals surface area contributed by atoms with Crippen molar-refractivity contribution in [1.29, 1.82) is 0 Å². The number of rotatable bonds is 4. The summed E-state index contributed by atoms with van der Waals surface area (Å²) in [5, 5.41) is 0. The van der Waals surface area contributed by atoms with Gasteiger partial charge in [-0.2, -0.15) is 0 Å². The Morgan fingerprint density at radius 1 is 1.16 bits per heavy atom. The fourth-order valence-electron chi connectivity index (χ4n) is 2.01. The predicted molar refractivity (Wildman–Crippen MR) is 70.0 cm³/mol. The minimum Gasteiger partial charge on any atom is -0.496 e. The monoisotopic (exact) mass is 263 g/mol. The standard InChI is InChI=1S/C15H15F2NO/c1-19-15-7-6-11(16)9-12(15)14(18)8-10-4-2-3-5-13(10)17/h2-7,9,14H,8,18H2,1H3. The van der Waals surface area contributed by atoms with E-state index in [2.05, 4.69) is 0 Å². The minimum absolute atomic E-state index is 0.284. The van der Waals surface area contributed by atoms with Crippen LogP contribution in [0.15, 0.2) is 42.5 Å². The van der Waals surface area contributed by atoms with Crippen molar-refractivity contribution < 1.29 is 13.5 Å². The first-order valence-electron chi connectivity index (χ1n) is 5.94. The van der Waals surface area contributed by atoms with E-state index >= 15 is 0 Å². The van der Waals surface area contributed by atoms with Crippen LogP contribution in [0, 0.1) is 11.6 Å². The molecule has 0 bridgehead atoms. The maximum Gasteiger partial charge on any atom is 0.126 e. The number of nitrogens with two attached hydrogens (primary N) is 1. The second kappa shape index (κ2) is 5.80. The quantitative estimate of drug-likeness (QED) is 0.919. The Morgan fingerprint density at radius 3 is 2.58 bits per heavy atom. The van der Waals surface area contributed by atoms with Crippen molar-refractivity contribution in [2.24, 2.45) is 5.73 Å². The molecule has 0 aliphatic carbocycles. The lowest BCUT2D eigenvalue weighted by molar-refractivity contribution is 0.403. The van der Waals surface area contributed by atoms with E-state index in [1.165, 1.54) is 31.4 Å². The SMILES string of the molecule is COc1ccc(F)cc1C(N)Cc1ccccc1F. The van der Waals surface area contributed by atoms with Crippen LogP contribution in [0.3, 0.4) is 0 Å². The highest BCUT2D eigenvalue weighted by molar-refractivity contribution is 5.37. The minimum atomic E-state index is -0.525. The first-order chi connectivity index (χ1) is 9.11. The van der Waals surface area contributed by atoms with Gasteiger partial charge in [0.05, 0.1) is 7.11 Å². The highest BCUT2D eigenvalue weighted by Gasteiger charge is 2.15. The first-order valence-corrected chi connectivity index (χ1v) is 5.94. The zero-order valence-corrected chi connectivity index (χ0v) is 10.6. The molecule has 100 valence electrons. The number of hydrogen-bond donors (Lipinski definition) is 1. The molecule has 0 saturated carbocycles. The van der Waals surface area contributed by atoms with Gasteiger partial charge in [-0.05, 0) is 36.2 Å². The van der Waals surface area contributed by atoms with Gasteiger partial charge < -0.3 is 10.5 Å². The number of hydrogen-bond acceptors (Lipinski definition) is 2. The highest BCUT2D eigenvalue weighted by atomic mass is 19.1. The zero-order chi connectivity index (χ0) is 13.8. The van der Waals surface area contributed by atoms with Crippen LogP contribution in [0.5, 0.6) is 5.75 Å². The summed E-state index contributed by atoms with van der Waals surface area (Å²) < 4.78 is 32.0. The van der Waals surface area contributed by atoms with E-state index in [1.807, 2.05) is 0 Å². The smallest absolute Gasteiger partial charge is 0.126 e. The van der Waals surface area contributed by atoms with E-state index in [-0.39, 0.29) is 18.1 Å². The summed E-state index contributed by atoms with van der Waals surface area (Å²) in [6.07, 6.45) is 0.284. The second-order valence-corrected chi connectivity index (χ2v) is 4.29. The van der Waals surface area contributed by atoms with Crippen molar-refractivity contribution in [3.63, 3.8) is 0 Å². The van der Waals surface area contributed by atoms with Gasteiger partial charge in [-0.25, -0.2) is 8.78 Å². The summed E-state index contributed by atoms with van der Waals surface area (Å²) in [5.41, 5.74) is 7.06. The lowest BCUT2D eigenvalue weighted by Crippen LogP contribution is -2.15. The van der Waals surface area contributed by atoms with Crippen LogP contribution in [0.4, 0.5) is 8.78 Å². The van der Waals surface area contributed by atoms with E-state index in [1.54, 1.807) is 18.2 Å². The molecule has 0 aromatic heterocycles. The maximum atomic E-state index is 13.6. The summed E-state index contributed by atoms with van der Waals surface area (Å²) in [6.45, 7) is 0. The highest BCUT2D eigenvalue weighted by Crippen LogP contribution is 2.27. The molecule has 19 heavy (non-hydrogen) atoms. The molecule has 0 fully saturated rings. The van der Waals surface area contributed by atoms with Gasteiger partial charge in [-0.1, -0.05) is 18.2 Å². The average molecular weight is 263 g/mol. The van der Waals surface area contributed by atoms with Crippen molar-refractivity contribution in [2.45, 2.75) is 12.5 Å². The number of methoxy groups -OCH3 is 1. The molecule has 1 unspecified atom stereocenters. The summed E-state index contributed by atoms with van der Waals surface area (Å²) in [4.78, 5) is 0. The molecule has 2 aromatic carbocycles. The Balaban J connectivity index is 2.27. The molecule has 0 aliphatic heterocycles. The Kier molecular flexibility index (Phi) is 4.12. The van der Waals surface area contributed by atoms with Gasteiger partial charge in [-0.15, -0.1) is 0 Å². The van der Waals surface area contributed by atoms with Gasteiger partial charge in [0, 0.05) is 11.6 Å². The summed E-state index contributed by atoms with van der Waals surface area (Å²) >= 11 is 0. The van der Waals surface area contributed by atoms with Crippen LogP contribution < -0.4 is 10.5 Å². The fraction of sp³-hybridized carbons (Fsp3) is 0.200. The third-order valence-electron chi connectivity index (χ3n) is 2.99. The van der Waals surface area contributed by atoms with Crippen LogP contribution in [-0.4, -0.2) is 7.11 Å². The van der Waals surface area contributed by atoms with Crippen molar-refractivity contribution >= 4 is 0 Å². The third-order valence-corrected chi connectivity index (χ3v) is 2.99. The molecule has 2 aromatic rings. The molecule has 2 N–H and O–H groups in total. The largest absolute Gasteiger partial charge is 0.496 e. The summed E-state index contributed by atoms with van der Waals surface area (Å²) in [5.74, 6) is -0.196. The van der Waals surface area contributed by atoms with E-state index < -0.39 is 6.04 Å². The molecule has 0 spiro atoms. The molecule has 2 rings (SSSR count). The van der Waals surface area contributed by atoms with E-state index in [9.17, 15) is 8.78 Å². The Morgan fingerprint density at radius 2 is 1.89 bits per heavy atom. The molecule has 2 nitrogen and oxygen atoms in total. The molecule has 0 aliphatic rings. The van der Waals surface area contributed by atoms with Crippen LogP contribution in [0.2, 0.25) is 0 Å². The van der Waals surface area contributed by atoms with Crippen LogP contribution in [0.25, 0.3) is 0 Å². The Labute approximate surface area is 110 Å². The van der Waals surface area contributed by atoms with Crippen molar-refractivity contribution in [3.05, 3.63) is 65.2 Å². The molecule has 4 heteroatoms. The van der Waals surface area contributed by atoms with E-state index in [0.29, 0.717) is 16.9 Å². The van der Waals surface area contributed by atoms with Gasteiger partial charge in [0.1, 0.15) is 17.4 Å². The fourth-order valence-corrected chi connectivity index (χ4v) is 2.01. The lowest BCUT2D eigenvalue weighted by atomic mass is 9.98. The second-order valence-electron chi connectivity index (χ2n) is 4.29. The molecule has 0 amide bonds. The van der Waals surface area contributed by atoms with Crippen LogP contribution in [0.1, 0.15) is 17.2 Å². The number of halogens is 2. The van der Waals surface area contributed by atoms with Crippen LogP contribution in [-0.2, 0) is 6.42 Å².